The summed E-state index contributed by atoms with van der Waals surface area (Å²) in [6, 6.07) is 7.81. The smallest absolute Gasteiger partial charge is 0.0635 e. The zero-order valence-corrected chi connectivity index (χ0v) is 7.85. The minimum atomic E-state index is 0.870. The van der Waals surface area contributed by atoms with Crippen LogP contribution in [0.15, 0.2) is 24.3 Å². The van der Waals surface area contributed by atoms with Crippen LogP contribution in [-0.2, 0) is 9.32 Å². The Morgan fingerprint density at radius 2 is 1.92 bits per heavy atom. The summed E-state index contributed by atoms with van der Waals surface area (Å²) in [6.07, 6.45) is 1.77. The fraction of sp³-hybridized carbons (Fsp3) is 0.250. The number of nitrogens with one attached hydrogen (secondary N) is 1. The molecule has 66 valence electrons. The van der Waals surface area contributed by atoms with Gasteiger partial charge in [-0.15, -0.1) is 9.32 Å². The Bertz CT molecular complexity index is 225. The summed E-state index contributed by atoms with van der Waals surface area (Å²) in [7, 11) is 0. The monoisotopic (exact) mass is 185 g/mol. The van der Waals surface area contributed by atoms with Crippen LogP contribution in [0.1, 0.15) is 5.56 Å². The number of aryl methyl sites for hydroxylation is 1. The van der Waals surface area contributed by atoms with Gasteiger partial charge in [0.15, 0.2) is 0 Å². The molecule has 0 heterocycles. The molecule has 0 aliphatic rings. The molecule has 1 N–H and O–H groups in total. The third-order valence-corrected chi connectivity index (χ3v) is 1.52. The zero-order chi connectivity index (χ0) is 8.81. The maximum atomic E-state index is 4.62. The lowest BCUT2D eigenvalue weighted by molar-refractivity contribution is -0.160. The summed E-state index contributed by atoms with van der Waals surface area (Å²) in [4.78, 5) is 4.62. The summed E-state index contributed by atoms with van der Waals surface area (Å²) < 4.78 is 4.57. The van der Waals surface area contributed by atoms with Gasteiger partial charge in [0, 0.05) is 18.3 Å². The standard InChI is InChI=1S/C8H11NO2S/c1-7-3-5-8(6-4-7)9-10-11-12-2/h3-6,9H,1-2H3. The second-order valence-corrected chi connectivity index (χ2v) is 2.76. The predicted molar refractivity (Wildman–Crippen MR) is 50.5 cm³/mol. The second-order valence-electron chi connectivity index (χ2n) is 2.29. The van der Waals surface area contributed by atoms with Crippen LogP contribution in [0, 0.1) is 6.92 Å². The van der Waals surface area contributed by atoms with Gasteiger partial charge in [0.25, 0.3) is 0 Å². The lowest BCUT2D eigenvalue weighted by Crippen LogP contribution is -1.97. The summed E-state index contributed by atoms with van der Waals surface area (Å²) in [5.41, 5.74) is 4.71. The van der Waals surface area contributed by atoms with Crippen LogP contribution in [0.2, 0.25) is 0 Å². The largest absolute Gasteiger partial charge is 0.234 e. The highest BCUT2D eigenvalue weighted by atomic mass is 32.2. The Morgan fingerprint density at radius 1 is 1.25 bits per heavy atom. The van der Waals surface area contributed by atoms with E-state index in [9.17, 15) is 0 Å². The summed E-state index contributed by atoms with van der Waals surface area (Å²) >= 11 is 1.14. The molecule has 0 fully saturated rings. The van der Waals surface area contributed by atoms with E-state index in [0.717, 1.165) is 17.7 Å². The topological polar surface area (TPSA) is 30.5 Å². The Morgan fingerprint density at radius 3 is 2.50 bits per heavy atom. The SMILES string of the molecule is CSOONc1ccc(C)cc1. The molecule has 0 amide bonds. The van der Waals surface area contributed by atoms with Crippen molar-refractivity contribution in [3.05, 3.63) is 29.8 Å². The molecule has 3 nitrogen and oxygen atoms in total. The second kappa shape index (κ2) is 5.03. The molecule has 0 spiro atoms. The van der Waals surface area contributed by atoms with Crippen molar-refractivity contribution in [3.8, 4) is 0 Å². The average molecular weight is 185 g/mol. The van der Waals surface area contributed by atoms with Gasteiger partial charge < -0.3 is 0 Å². The van der Waals surface area contributed by atoms with E-state index >= 15 is 0 Å². The number of hydrogen-bond donors (Lipinski definition) is 1. The molecule has 1 rings (SSSR count). The molecule has 0 saturated carbocycles. The van der Waals surface area contributed by atoms with Crippen LogP contribution >= 0.6 is 12.0 Å². The normalized spacial score (nSPS) is 9.83. The molecule has 0 aromatic heterocycles. The number of benzene rings is 1. The highest BCUT2D eigenvalue weighted by molar-refractivity contribution is 7.93. The minimum Gasteiger partial charge on any atom is -0.234 e. The minimum absolute atomic E-state index is 0.870. The van der Waals surface area contributed by atoms with E-state index in [0.29, 0.717) is 0 Å². The van der Waals surface area contributed by atoms with E-state index in [-0.39, 0.29) is 0 Å². The maximum absolute atomic E-state index is 4.62. The predicted octanol–water partition coefficient (Wildman–Crippen LogP) is 2.55. The maximum Gasteiger partial charge on any atom is 0.0635 e. The van der Waals surface area contributed by atoms with Gasteiger partial charge in [-0.3, -0.25) is 0 Å². The average Bonchev–Trinajstić information content (AvgIpc) is 2.09. The van der Waals surface area contributed by atoms with Gasteiger partial charge in [0.1, 0.15) is 0 Å². The van der Waals surface area contributed by atoms with Crippen molar-refractivity contribution in [2.75, 3.05) is 11.7 Å². The van der Waals surface area contributed by atoms with Crippen molar-refractivity contribution in [2.45, 2.75) is 6.92 Å². The van der Waals surface area contributed by atoms with Crippen LogP contribution in [0.25, 0.3) is 0 Å². The van der Waals surface area contributed by atoms with Crippen LogP contribution in [0.5, 0.6) is 0 Å². The number of anilines is 1. The molecule has 0 aliphatic carbocycles. The van der Waals surface area contributed by atoms with Crippen LogP contribution in [0.4, 0.5) is 5.69 Å². The van der Waals surface area contributed by atoms with Crippen molar-refractivity contribution in [3.63, 3.8) is 0 Å². The number of hydrogen-bond acceptors (Lipinski definition) is 4. The lowest BCUT2D eigenvalue weighted by Gasteiger charge is -2.02. The Kier molecular flexibility index (Phi) is 3.93. The molecular formula is C8H11NO2S. The third-order valence-electron chi connectivity index (χ3n) is 1.31. The van der Waals surface area contributed by atoms with Gasteiger partial charge in [-0.05, 0) is 19.1 Å². The van der Waals surface area contributed by atoms with Crippen LogP contribution < -0.4 is 5.48 Å². The molecule has 0 radical (unpaired) electrons. The van der Waals surface area contributed by atoms with Gasteiger partial charge in [0.2, 0.25) is 0 Å². The van der Waals surface area contributed by atoms with Crippen molar-refractivity contribution < 1.29 is 9.32 Å². The Balaban J connectivity index is 2.37. The van der Waals surface area contributed by atoms with Gasteiger partial charge in [0.05, 0.1) is 5.69 Å². The van der Waals surface area contributed by atoms with Crippen LogP contribution in [0.3, 0.4) is 0 Å². The van der Waals surface area contributed by atoms with E-state index in [4.69, 9.17) is 0 Å². The van der Waals surface area contributed by atoms with Gasteiger partial charge in [-0.2, -0.15) is 0 Å². The van der Waals surface area contributed by atoms with Gasteiger partial charge in [-0.1, -0.05) is 17.7 Å². The molecular weight excluding hydrogens is 174 g/mol. The van der Waals surface area contributed by atoms with Gasteiger partial charge >= 0.3 is 0 Å². The first-order valence-electron chi connectivity index (χ1n) is 3.52. The fourth-order valence-electron chi connectivity index (χ4n) is 0.721. The van der Waals surface area contributed by atoms with E-state index < -0.39 is 0 Å². The summed E-state index contributed by atoms with van der Waals surface area (Å²) in [6.45, 7) is 2.03. The molecule has 0 saturated heterocycles. The van der Waals surface area contributed by atoms with Crippen molar-refractivity contribution in [1.82, 2.24) is 0 Å². The summed E-state index contributed by atoms with van der Waals surface area (Å²) in [5, 5.41) is 0. The molecule has 4 heteroatoms. The Hall–Kier alpha value is -0.710. The highest BCUT2D eigenvalue weighted by Crippen LogP contribution is 2.09. The fourth-order valence-corrected chi connectivity index (χ4v) is 0.823. The van der Waals surface area contributed by atoms with E-state index in [1.807, 2.05) is 31.2 Å². The van der Waals surface area contributed by atoms with Crippen molar-refractivity contribution in [1.29, 1.82) is 0 Å². The molecule has 0 aliphatic heterocycles. The molecule has 0 atom stereocenters. The van der Waals surface area contributed by atoms with Crippen molar-refractivity contribution >= 4 is 17.7 Å². The first kappa shape index (κ1) is 9.38. The van der Waals surface area contributed by atoms with Gasteiger partial charge in [-0.25, -0.2) is 5.48 Å². The third kappa shape index (κ3) is 3.13. The molecule has 0 unspecified atom stereocenters. The van der Waals surface area contributed by atoms with Crippen molar-refractivity contribution in [2.24, 2.45) is 0 Å². The van der Waals surface area contributed by atoms with E-state index in [2.05, 4.69) is 14.8 Å². The van der Waals surface area contributed by atoms with E-state index in [1.54, 1.807) is 6.26 Å². The zero-order valence-electron chi connectivity index (χ0n) is 7.03. The quantitative estimate of drug-likeness (QED) is 0.338. The van der Waals surface area contributed by atoms with Crippen LogP contribution in [-0.4, -0.2) is 6.26 Å². The molecule has 1 aromatic carbocycles. The number of rotatable bonds is 4. The first-order valence-corrected chi connectivity index (χ1v) is 4.67. The highest BCUT2D eigenvalue weighted by Gasteiger charge is 1.90. The summed E-state index contributed by atoms with van der Waals surface area (Å²) in [5.74, 6) is 0. The Labute approximate surface area is 76.2 Å². The molecule has 0 bridgehead atoms. The first-order chi connectivity index (χ1) is 5.83. The molecule has 1 aromatic rings. The molecule has 12 heavy (non-hydrogen) atoms. The lowest BCUT2D eigenvalue weighted by atomic mass is 10.2. The van der Waals surface area contributed by atoms with E-state index in [1.165, 1.54) is 5.56 Å².